The largest absolute Gasteiger partial charge is 0.342 e. The summed E-state index contributed by atoms with van der Waals surface area (Å²) in [4.78, 5) is 14.1. The molecule has 18 heavy (non-hydrogen) atoms. The van der Waals surface area contributed by atoms with E-state index in [1.165, 1.54) is 0 Å². The number of hydrogen-bond donors (Lipinski definition) is 1. The van der Waals surface area contributed by atoms with Crippen LogP contribution in [0.15, 0.2) is 0 Å². The Morgan fingerprint density at radius 3 is 2.67 bits per heavy atom. The highest BCUT2D eigenvalue weighted by atomic mass is 32.2. The summed E-state index contributed by atoms with van der Waals surface area (Å²) in [5, 5.41) is 0. The number of carbonyl (C=O) groups excluding carboxylic acids is 1. The Hall–Kier alpha value is -0.620. The van der Waals surface area contributed by atoms with Gasteiger partial charge >= 0.3 is 0 Å². The molecule has 2 heterocycles. The molecule has 0 spiro atoms. The van der Waals surface area contributed by atoms with Crippen LogP contribution < -0.4 is 5.73 Å². The van der Waals surface area contributed by atoms with E-state index in [-0.39, 0.29) is 29.4 Å². The predicted molar refractivity (Wildman–Crippen MR) is 69.7 cm³/mol. The van der Waals surface area contributed by atoms with Gasteiger partial charge in [-0.2, -0.15) is 0 Å². The molecule has 104 valence electrons. The summed E-state index contributed by atoms with van der Waals surface area (Å²) in [6.07, 6.45) is 2.52. The van der Waals surface area contributed by atoms with Crippen LogP contribution in [0.4, 0.5) is 0 Å². The molecule has 2 aliphatic rings. The summed E-state index contributed by atoms with van der Waals surface area (Å²) in [6.45, 7) is 3.41. The van der Waals surface area contributed by atoms with E-state index in [0.29, 0.717) is 18.9 Å². The normalized spacial score (nSPS) is 33.3. The van der Waals surface area contributed by atoms with Gasteiger partial charge in [0.25, 0.3) is 0 Å². The van der Waals surface area contributed by atoms with Gasteiger partial charge in [-0.25, -0.2) is 8.42 Å². The number of nitrogens with two attached hydrogens (primary N) is 1. The Balaban J connectivity index is 1.97. The van der Waals surface area contributed by atoms with Crippen molar-refractivity contribution in [3.63, 3.8) is 0 Å². The molecule has 2 rings (SSSR count). The zero-order valence-corrected chi connectivity index (χ0v) is 11.7. The Kier molecular flexibility index (Phi) is 3.96. The number of hydrogen-bond acceptors (Lipinski definition) is 4. The van der Waals surface area contributed by atoms with Crippen LogP contribution in [0.2, 0.25) is 0 Å². The summed E-state index contributed by atoms with van der Waals surface area (Å²) in [5.74, 6) is 0.239. The lowest BCUT2D eigenvalue weighted by Gasteiger charge is -2.35. The van der Waals surface area contributed by atoms with Gasteiger partial charge in [0.05, 0.1) is 17.4 Å². The van der Waals surface area contributed by atoms with Gasteiger partial charge in [-0.15, -0.1) is 0 Å². The fraction of sp³-hybridized carbons (Fsp3) is 0.917. The molecule has 2 fully saturated rings. The van der Waals surface area contributed by atoms with Crippen LogP contribution in [0.25, 0.3) is 0 Å². The average molecular weight is 274 g/mol. The first-order chi connectivity index (χ1) is 8.39. The minimum Gasteiger partial charge on any atom is -0.342 e. The van der Waals surface area contributed by atoms with E-state index in [9.17, 15) is 13.2 Å². The van der Waals surface area contributed by atoms with Gasteiger partial charge in [0.1, 0.15) is 0 Å². The molecule has 0 saturated carbocycles. The Bertz CT molecular complexity index is 419. The fourth-order valence-electron chi connectivity index (χ4n) is 2.89. The summed E-state index contributed by atoms with van der Waals surface area (Å²) in [5.41, 5.74) is 5.89. The molecule has 5 nitrogen and oxygen atoms in total. The minimum atomic E-state index is -2.98. The highest BCUT2D eigenvalue weighted by molar-refractivity contribution is 7.91. The van der Waals surface area contributed by atoms with Crippen molar-refractivity contribution in [3.8, 4) is 0 Å². The van der Waals surface area contributed by atoms with Gasteiger partial charge in [0.15, 0.2) is 9.84 Å². The lowest BCUT2D eigenvalue weighted by Crippen LogP contribution is -2.47. The molecule has 3 unspecified atom stereocenters. The van der Waals surface area contributed by atoms with Gasteiger partial charge in [-0.1, -0.05) is 0 Å². The van der Waals surface area contributed by atoms with Gasteiger partial charge in [-0.05, 0) is 32.1 Å². The van der Waals surface area contributed by atoms with E-state index in [4.69, 9.17) is 5.73 Å². The highest BCUT2D eigenvalue weighted by Gasteiger charge is 2.37. The zero-order valence-electron chi connectivity index (χ0n) is 10.8. The summed E-state index contributed by atoms with van der Waals surface area (Å²) in [7, 11) is -2.98. The van der Waals surface area contributed by atoms with Crippen molar-refractivity contribution in [3.05, 3.63) is 0 Å². The standard InChI is InChI=1S/C12H22N2O3S/c1-9(13)10-3-2-5-14(7-10)12(15)11-4-6-18(16,17)8-11/h9-11H,2-8,13H2,1H3. The van der Waals surface area contributed by atoms with Crippen LogP contribution in [0, 0.1) is 11.8 Å². The van der Waals surface area contributed by atoms with E-state index >= 15 is 0 Å². The van der Waals surface area contributed by atoms with Crippen molar-refractivity contribution in [1.82, 2.24) is 4.90 Å². The number of likely N-dealkylation sites (tertiary alicyclic amines) is 1. The number of sulfone groups is 1. The Morgan fingerprint density at radius 1 is 1.39 bits per heavy atom. The molecule has 0 aromatic heterocycles. The van der Waals surface area contributed by atoms with Crippen LogP contribution >= 0.6 is 0 Å². The Morgan fingerprint density at radius 2 is 2.11 bits per heavy atom. The zero-order chi connectivity index (χ0) is 13.3. The van der Waals surface area contributed by atoms with Crippen LogP contribution in [-0.2, 0) is 14.6 Å². The summed E-state index contributed by atoms with van der Waals surface area (Å²) >= 11 is 0. The number of carbonyl (C=O) groups is 1. The predicted octanol–water partition coefficient (Wildman–Crippen LogP) is 0.00690. The lowest BCUT2D eigenvalue weighted by atomic mass is 9.91. The van der Waals surface area contributed by atoms with Gasteiger partial charge in [-0.3, -0.25) is 4.79 Å². The first kappa shape index (κ1) is 13.8. The Labute approximate surface area is 109 Å². The van der Waals surface area contributed by atoms with Crippen molar-refractivity contribution < 1.29 is 13.2 Å². The van der Waals surface area contributed by atoms with E-state index in [1.807, 2.05) is 11.8 Å². The van der Waals surface area contributed by atoms with Crippen LogP contribution in [-0.4, -0.2) is 49.9 Å². The molecule has 2 saturated heterocycles. The third-order valence-electron chi connectivity index (χ3n) is 4.09. The molecule has 0 aromatic carbocycles. The molecule has 3 atom stereocenters. The SMILES string of the molecule is CC(N)C1CCCN(C(=O)C2CCS(=O)(=O)C2)C1. The maximum absolute atomic E-state index is 12.3. The van der Waals surface area contributed by atoms with E-state index in [0.717, 1.165) is 19.4 Å². The minimum absolute atomic E-state index is 0.0152. The van der Waals surface area contributed by atoms with Crippen molar-refractivity contribution in [1.29, 1.82) is 0 Å². The second-order valence-electron chi connectivity index (χ2n) is 5.65. The van der Waals surface area contributed by atoms with Crippen LogP contribution in [0.1, 0.15) is 26.2 Å². The highest BCUT2D eigenvalue weighted by Crippen LogP contribution is 2.25. The molecule has 0 aliphatic carbocycles. The summed E-state index contributed by atoms with van der Waals surface area (Å²) < 4.78 is 22.8. The maximum atomic E-state index is 12.3. The fourth-order valence-corrected chi connectivity index (χ4v) is 4.62. The maximum Gasteiger partial charge on any atom is 0.226 e. The van der Waals surface area contributed by atoms with Crippen molar-refractivity contribution in [2.24, 2.45) is 17.6 Å². The smallest absolute Gasteiger partial charge is 0.226 e. The molecule has 0 bridgehead atoms. The van der Waals surface area contributed by atoms with Crippen molar-refractivity contribution in [2.45, 2.75) is 32.2 Å². The van der Waals surface area contributed by atoms with Gasteiger partial charge in [0, 0.05) is 19.1 Å². The van der Waals surface area contributed by atoms with Gasteiger partial charge < -0.3 is 10.6 Å². The van der Waals surface area contributed by atoms with Crippen molar-refractivity contribution >= 4 is 15.7 Å². The molecule has 2 N–H and O–H groups in total. The molecular formula is C12H22N2O3S. The third-order valence-corrected chi connectivity index (χ3v) is 5.86. The monoisotopic (exact) mass is 274 g/mol. The van der Waals surface area contributed by atoms with E-state index in [1.54, 1.807) is 0 Å². The summed E-state index contributed by atoms with van der Waals surface area (Å²) in [6, 6.07) is 0.0907. The molecular weight excluding hydrogens is 252 g/mol. The number of nitrogens with zero attached hydrogens (tertiary/aromatic N) is 1. The van der Waals surface area contributed by atoms with Crippen LogP contribution in [0.5, 0.6) is 0 Å². The second kappa shape index (κ2) is 5.17. The number of piperidine rings is 1. The van der Waals surface area contributed by atoms with Crippen LogP contribution in [0.3, 0.4) is 0 Å². The van der Waals surface area contributed by atoms with Gasteiger partial charge in [0.2, 0.25) is 5.91 Å². The molecule has 1 amide bonds. The quantitative estimate of drug-likeness (QED) is 0.769. The first-order valence-electron chi connectivity index (χ1n) is 6.64. The van der Waals surface area contributed by atoms with E-state index < -0.39 is 9.84 Å². The van der Waals surface area contributed by atoms with E-state index in [2.05, 4.69) is 0 Å². The van der Waals surface area contributed by atoms with Crippen molar-refractivity contribution in [2.75, 3.05) is 24.6 Å². The molecule has 0 aromatic rings. The second-order valence-corrected chi connectivity index (χ2v) is 7.87. The average Bonchev–Trinajstić information content (AvgIpc) is 2.69. The molecule has 2 aliphatic heterocycles. The lowest BCUT2D eigenvalue weighted by molar-refractivity contribution is -0.136. The number of amides is 1. The number of rotatable bonds is 2. The topological polar surface area (TPSA) is 80.5 Å². The molecule has 6 heteroatoms. The first-order valence-corrected chi connectivity index (χ1v) is 8.46. The molecule has 0 radical (unpaired) electrons. The third kappa shape index (κ3) is 3.03.